The fraction of sp³-hybridized carbons (Fsp3) is 0.538. The summed E-state index contributed by atoms with van der Waals surface area (Å²) in [7, 11) is 0. The quantitative estimate of drug-likeness (QED) is 0.537. The summed E-state index contributed by atoms with van der Waals surface area (Å²) in [5, 5.41) is 38.8. The molecule has 110 valence electrons. The summed E-state index contributed by atoms with van der Waals surface area (Å²) in [5.41, 5.74) is 0.429. The lowest BCUT2D eigenvalue weighted by Crippen LogP contribution is -2.61. The zero-order valence-corrected chi connectivity index (χ0v) is 10.5. The summed E-state index contributed by atoms with van der Waals surface area (Å²) in [6.45, 7) is 0.0739. The number of para-hydroxylation sites is 1. The van der Waals surface area contributed by atoms with Crippen LogP contribution in [0.3, 0.4) is 0 Å². The highest BCUT2D eigenvalue weighted by molar-refractivity contribution is 5.33. The molecule has 2 aliphatic heterocycles. The highest BCUT2D eigenvalue weighted by Crippen LogP contribution is 2.36. The van der Waals surface area contributed by atoms with Crippen molar-refractivity contribution < 1.29 is 34.6 Å². The highest BCUT2D eigenvalue weighted by Gasteiger charge is 2.48. The van der Waals surface area contributed by atoms with Gasteiger partial charge in [-0.25, -0.2) is 0 Å². The van der Waals surface area contributed by atoms with Crippen molar-refractivity contribution in [2.75, 3.05) is 6.61 Å². The fourth-order valence-electron chi connectivity index (χ4n) is 2.44. The van der Waals surface area contributed by atoms with Crippen LogP contribution in [0, 0.1) is 0 Å². The third-order valence-electron chi connectivity index (χ3n) is 3.54. The number of aliphatic hydroxyl groups excluding tert-OH is 3. The number of phenols is 1. The van der Waals surface area contributed by atoms with E-state index in [1.165, 1.54) is 6.07 Å². The number of ether oxygens (including phenoxy) is 3. The lowest BCUT2D eigenvalue weighted by molar-refractivity contribution is -0.354. The Bertz CT molecular complexity index is 478. The van der Waals surface area contributed by atoms with Gasteiger partial charge in [0.25, 0.3) is 0 Å². The summed E-state index contributed by atoms with van der Waals surface area (Å²) in [6, 6.07) is 6.53. The van der Waals surface area contributed by atoms with Crippen molar-refractivity contribution in [1.29, 1.82) is 0 Å². The Morgan fingerprint density at radius 1 is 1.00 bits per heavy atom. The van der Waals surface area contributed by atoms with E-state index in [-0.39, 0.29) is 12.4 Å². The molecule has 20 heavy (non-hydrogen) atoms. The topological polar surface area (TPSA) is 109 Å². The Balaban J connectivity index is 1.79. The van der Waals surface area contributed by atoms with Gasteiger partial charge in [-0.2, -0.15) is 0 Å². The van der Waals surface area contributed by atoms with Gasteiger partial charge in [0.15, 0.2) is 12.6 Å². The molecule has 4 N–H and O–H groups in total. The van der Waals surface area contributed by atoms with Crippen LogP contribution in [-0.4, -0.2) is 57.7 Å². The first-order valence-corrected chi connectivity index (χ1v) is 6.32. The van der Waals surface area contributed by atoms with Gasteiger partial charge in [0.05, 0.1) is 6.61 Å². The molecule has 0 aromatic heterocycles. The Hall–Kier alpha value is -1.22. The fourth-order valence-corrected chi connectivity index (χ4v) is 2.44. The minimum atomic E-state index is -1.47. The summed E-state index contributed by atoms with van der Waals surface area (Å²) < 4.78 is 16.1. The van der Waals surface area contributed by atoms with Gasteiger partial charge in [-0.15, -0.1) is 0 Å². The second kappa shape index (κ2) is 5.28. The summed E-state index contributed by atoms with van der Waals surface area (Å²) in [6.07, 6.45) is -6.59. The first-order valence-electron chi connectivity index (χ1n) is 6.32. The van der Waals surface area contributed by atoms with Crippen molar-refractivity contribution in [2.45, 2.75) is 37.0 Å². The van der Waals surface area contributed by atoms with Crippen LogP contribution in [0.1, 0.15) is 11.9 Å². The lowest BCUT2D eigenvalue weighted by Gasteiger charge is -2.45. The van der Waals surface area contributed by atoms with Crippen LogP contribution in [0.2, 0.25) is 0 Å². The minimum absolute atomic E-state index is 0.0164. The van der Waals surface area contributed by atoms with Crippen LogP contribution in [0.5, 0.6) is 5.75 Å². The van der Waals surface area contributed by atoms with Gasteiger partial charge in [0.2, 0.25) is 0 Å². The third kappa shape index (κ3) is 2.28. The van der Waals surface area contributed by atoms with Crippen LogP contribution in [-0.2, 0) is 14.2 Å². The molecule has 1 aromatic rings. The molecule has 2 heterocycles. The molecule has 1 aromatic carbocycles. The zero-order valence-electron chi connectivity index (χ0n) is 10.5. The first-order chi connectivity index (χ1) is 9.58. The number of aliphatic hydroxyl groups is 3. The van der Waals surface area contributed by atoms with Gasteiger partial charge < -0.3 is 34.6 Å². The average molecular weight is 284 g/mol. The normalized spacial score (nSPS) is 41.1. The van der Waals surface area contributed by atoms with Crippen LogP contribution in [0.4, 0.5) is 0 Å². The molecular weight excluding hydrogens is 268 g/mol. The van der Waals surface area contributed by atoms with Gasteiger partial charge >= 0.3 is 0 Å². The predicted molar refractivity (Wildman–Crippen MR) is 64.6 cm³/mol. The Morgan fingerprint density at radius 2 is 1.75 bits per heavy atom. The van der Waals surface area contributed by atoms with Gasteiger partial charge in [-0.05, 0) is 6.07 Å². The van der Waals surface area contributed by atoms with Gasteiger partial charge in [-0.1, -0.05) is 18.2 Å². The summed E-state index contributed by atoms with van der Waals surface area (Å²) in [4.78, 5) is 0. The van der Waals surface area contributed by atoms with E-state index in [4.69, 9.17) is 14.2 Å². The number of benzene rings is 1. The third-order valence-corrected chi connectivity index (χ3v) is 3.54. The molecular formula is C13H16O7. The van der Waals surface area contributed by atoms with E-state index < -0.39 is 37.0 Å². The molecule has 2 fully saturated rings. The lowest BCUT2D eigenvalue weighted by atomic mass is 9.98. The largest absolute Gasteiger partial charge is 0.507 e. The molecule has 1 unspecified atom stereocenters. The molecule has 0 bridgehead atoms. The van der Waals surface area contributed by atoms with E-state index in [2.05, 4.69) is 0 Å². The minimum Gasteiger partial charge on any atom is -0.507 e. The van der Waals surface area contributed by atoms with Crippen molar-refractivity contribution in [3.63, 3.8) is 0 Å². The van der Waals surface area contributed by atoms with E-state index in [0.717, 1.165) is 0 Å². The van der Waals surface area contributed by atoms with Crippen LogP contribution >= 0.6 is 0 Å². The average Bonchev–Trinajstić information content (AvgIpc) is 2.45. The smallest absolute Gasteiger partial charge is 0.188 e. The number of phenolic OH excluding ortho intramolecular Hbond substituents is 1. The van der Waals surface area contributed by atoms with Crippen LogP contribution < -0.4 is 0 Å². The molecule has 0 spiro atoms. The maximum atomic E-state index is 9.94. The summed E-state index contributed by atoms with van der Waals surface area (Å²) in [5.74, 6) is 0.0164. The van der Waals surface area contributed by atoms with E-state index in [9.17, 15) is 20.4 Å². The maximum absolute atomic E-state index is 9.94. The van der Waals surface area contributed by atoms with Crippen molar-refractivity contribution in [3.8, 4) is 5.75 Å². The molecule has 0 radical (unpaired) electrons. The first kappa shape index (κ1) is 13.7. The Morgan fingerprint density at radius 3 is 2.50 bits per heavy atom. The second-order valence-corrected chi connectivity index (χ2v) is 4.87. The number of hydrogen-bond acceptors (Lipinski definition) is 7. The molecule has 3 rings (SSSR count). The second-order valence-electron chi connectivity index (χ2n) is 4.87. The van der Waals surface area contributed by atoms with E-state index in [1.807, 2.05) is 0 Å². The van der Waals surface area contributed by atoms with Gasteiger partial charge in [0, 0.05) is 5.56 Å². The zero-order chi connectivity index (χ0) is 14.3. The molecule has 2 aliphatic rings. The molecule has 7 nitrogen and oxygen atoms in total. The molecule has 0 amide bonds. The molecule has 6 atom stereocenters. The Labute approximate surface area is 114 Å². The van der Waals surface area contributed by atoms with E-state index >= 15 is 0 Å². The van der Waals surface area contributed by atoms with Crippen molar-refractivity contribution in [3.05, 3.63) is 29.8 Å². The van der Waals surface area contributed by atoms with Gasteiger partial charge in [-0.3, -0.25) is 0 Å². The van der Waals surface area contributed by atoms with Crippen molar-refractivity contribution in [2.24, 2.45) is 0 Å². The number of hydrogen-bond donors (Lipinski definition) is 4. The van der Waals surface area contributed by atoms with Crippen LogP contribution in [0.25, 0.3) is 0 Å². The van der Waals surface area contributed by atoms with E-state index in [0.29, 0.717) is 5.56 Å². The molecule has 0 aliphatic carbocycles. The molecule has 2 saturated heterocycles. The summed E-state index contributed by atoms with van der Waals surface area (Å²) >= 11 is 0. The van der Waals surface area contributed by atoms with Crippen molar-refractivity contribution >= 4 is 0 Å². The number of fused-ring (bicyclic) bond motifs is 1. The van der Waals surface area contributed by atoms with E-state index in [1.54, 1.807) is 18.2 Å². The van der Waals surface area contributed by atoms with Crippen molar-refractivity contribution in [1.82, 2.24) is 0 Å². The standard InChI is InChI=1S/C13H16O7/c14-7-4-2-1-3-6(7)13-18-5-8-11(20-13)9(15)10(16)12(17)19-8/h1-4,8-17H,5H2/t8-,9-,10+,11-,12?,13-/m1/s1. The maximum Gasteiger partial charge on any atom is 0.188 e. The predicted octanol–water partition coefficient (Wildman–Crippen LogP) is -0.755. The SMILES string of the molecule is Oc1ccccc1[C@@H]1OC[C@H]2OC(O)[C@@H](O)[C@@H](O)[C@@H]2O1. The molecule has 0 saturated carbocycles. The highest BCUT2D eigenvalue weighted by atomic mass is 16.7. The Kier molecular flexibility index (Phi) is 3.63. The van der Waals surface area contributed by atoms with Gasteiger partial charge in [0.1, 0.15) is 30.2 Å². The van der Waals surface area contributed by atoms with Crippen LogP contribution in [0.15, 0.2) is 24.3 Å². The number of aromatic hydroxyl groups is 1. The number of rotatable bonds is 1. The molecule has 7 heteroatoms. The monoisotopic (exact) mass is 284 g/mol.